The molecule has 26 heavy (non-hydrogen) atoms. The summed E-state index contributed by atoms with van der Waals surface area (Å²) in [5.41, 5.74) is 14.1. The minimum Gasteiger partial charge on any atom is -0.462 e. The number of anilines is 2. The zero-order valence-electron chi connectivity index (χ0n) is 15.5. The number of ether oxygens (including phenoxy) is 1. The Balaban J connectivity index is 1.64. The van der Waals surface area contributed by atoms with E-state index < -0.39 is 0 Å². The lowest BCUT2D eigenvalue weighted by Gasteiger charge is -2.20. The Hall–Kier alpha value is -2.53. The number of nitrogens with two attached hydrogens (primary N) is 2. The molecule has 2 aromatic carbocycles. The van der Waals surface area contributed by atoms with Gasteiger partial charge in [-0.25, -0.2) is 4.79 Å². The third kappa shape index (κ3) is 6.76. The van der Waals surface area contributed by atoms with Crippen molar-refractivity contribution in [3.63, 3.8) is 0 Å². The van der Waals surface area contributed by atoms with E-state index in [1.165, 1.54) is 5.56 Å². The average Bonchev–Trinajstić information content (AvgIpc) is 2.63. The molecule has 0 aliphatic carbocycles. The molecule has 0 spiro atoms. The summed E-state index contributed by atoms with van der Waals surface area (Å²) in [6, 6.07) is 15.3. The van der Waals surface area contributed by atoms with Crippen molar-refractivity contribution >= 4 is 17.3 Å². The maximum atomic E-state index is 12.0. The first-order chi connectivity index (χ1) is 12.6. The van der Waals surface area contributed by atoms with Crippen molar-refractivity contribution in [2.45, 2.75) is 26.2 Å². The van der Waals surface area contributed by atoms with Crippen molar-refractivity contribution in [2.75, 3.05) is 37.7 Å². The van der Waals surface area contributed by atoms with E-state index in [9.17, 15) is 4.79 Å². The van der Waals surface area contributed by atoms with Crippen molar-refractivity contribution < 1.29 is 9.53 Å². The largest absolute Gasteiger partial charge is 0.462 e. The molecule has 0 atom stereocenters. The second-order valence-electron chi connectivity index (χ2n) is 6.40. The smallest absolute Gasteiger partial charge is 0.338 e. The molecule has 0 saturated heterocycles. The highest BCUT2D eigenvalue weighted by molar-refractivity contribution is 5.91. The number of carbonyl (C=O) groups is 1. The Labute approximate surface area is 155 Å². The number of nitrogen functional groups attached to an aromatic ring is 2. The lowest BCUT2D eigenvalue weighted by atomic mass is 10.1. The summed E-state index contributed by atoms with van der Waals surface area (Å²) in [6.07, 6.45) is 2.89. The minimum atomic E-state index is -0.375. The van der Waals surface area contributed by atoms with Crippen LogP contribution in [-0.2, 0) is 11.2 Å². The lowest BCUT2D eigenvalue weighted by molar-refractivity contribution is 0.0495. The quantitative estimate of drug-likeness (QED) is 0.388. The molecular formula is C21H29N3O2. The highest BCUT2D eigenvalue weighted by atomic mass is 16.5. The fourth-order valence-corrected chi connectivity index (χ4v) is 2.84. The molecule has 2 rings (SSSR count). The van der Waals surface area contributed by atoms with Crippen molar-refractivity contribution in [1.82, 2.24) is 4.90 Å². The van der Waals surface area contributed by atoms with E-state index in [1.54, 1.807) is 18.2 Å². The van der Waals surface area contributed by atoms with Gasteiger partial charge in [-0.3, -0.25) is 0 Å². The number of rotatable bonds is 10. The number of esters is 1. The van der Waals surface area contributed by atoms with Gasteiger partial charge in [0.1, 0.15) is 0 Å². The Kier molecular flexibility index (Phi) is 7.96. The first-order valence-electron chi connectivity index (χ1n) is 9.18. The molecule has 0 aliphatic rings. The van der Waals surface area contributed by atoms with E-state index in [0.717, 1.165) is 38.9 Å². The standard InChI is InChI=1S/C21H29N3O2/c1-2-24(12-10-17-8-4-3-5-9-17)11-6-7-13-26-21(25)18-14-19(22)16-20(23)15-18/h3-5,8-9,14-16H,2,6-7,10-13,22-23H2,1H3. The summed E-state index contributed by atoms with van der Waals surface area (Å²) in [6.45, 7) is 5.66. The van der Waals surface area contributed by atoms with Crippen LogP contribution in [0.5, 0.6) is 0 Å². The molecule has 0 fully saturated rings. The summed E-state index contributed by atoms with van der Waals surface area (Å²) in [5.74, 6) is -0.375. The summed E-state index contributed by atoms with van der Waals surface area (Å²) in [4.78, 5) is 14.4. The summed E-state index contributed by atoms with van der Waals surface area (Å²) in [5, 5.41) is 0. The molecule has 0 bridgehead atoms. The third-order valence-corrected chi connectivity index (χ3v) is 4.32. The van der Waals surface area contributed by atoms with Crippen LogP contribution >= 0.6 is 0 Å². The molecule has 140 valence electrons. The van der Waals surface area contributed by atoms with Crippen LogP contribution in [0.15, 0.2) is 48.5 Å². The Morgan fingerprint density at radius 3 is 2.35 bits per heavy atom. The van der Waals surface area contributed by atoms with Crippen molar-refractivity contribution in [1.29, 1.82) is 0 Å². The fraction of sp³-hybridized carbons (Fsp3) is 0.381. The Morgan fingerprint density at radius 2 is 1.69 bits per heavy atom. The number of nitrogens with zero attached hydrogens (tertiary/aromatic N) is 1. The van der Waals surface area contributed by atoms with Gasteiger partial charge in [0.2, 0.25) is 0 Å². The molecule has 4 N–H and O–H groups in total. The first kappa shape index (κ1) is 19.8. The van der Waals surface area contributed by atoms with Gasteiger partial charge in [-0.2, -0.15) is 0 Å². The van der Waals surface area contributed by atoms with E-state index in [4.69, 9.17) is 16.2 Å². The van der Waals surface area contributed by atoms with Crippen LogP contribution in [0.25, 0.3) is 0 Å². The highest BCUT2D eigenvalue weighted by Crippen LogP contribution is 2.14. The number of likely N-dealkylation sites (N-methyl/N-ethyl adjacent to an activating group) is 1. The third-order valence-electron chi connectivity index (χ3n) is 4.32. The topological polar surface area (TPSA) is 81.6 Å². The molecule has 0 unspecified atom stereocenters. The van der Waals surface area contributed by atoms with Gasteiger partial charge in [-0.15, -0.1) is 0 Å². The molecule has 0 heterocycles. The van der Waals surface area contributed by atoms with E-state index in [2.05, 4.69) is 36.1 Å². The van der Waals surface area contributed by atoms with Gasteiger partial charge in [0, 0.05) is 17.9 Å². The summed E-state index contributed by atoms with van der Waals surface area (Å²) < 4.78 is 5.31. The van der Waals surface area contributed by atoms with Crippen LogP contribution in [0.4, 0.5) is 11.4 Å². The predicted molar refractivity (Wildman–Crippen MR) is 107 cm³/mol. The molecule has 0 radical (unpaired) electrons. The average molecular weight is 355 g/mol. The Morgan fingerprint density at radius 1 is 1.00 bits per heavy atom. The van der Waals surface area contributed by atoms with Crippen LogP contribution in [-0.4, -0.2) is 37.1 Å². The van der Waals surface area contributed by atoms with Crippen LogP contribution in [0.1, 0.15) is 35.7 Å². The number of hydrogen-bond acceptors (Lipinski definition) is 5. The molecule has 5 heteroatoms. The van der Waals surface area contributed by atoms with Crippen molar-refractivity contribution in [2.24, 2.45) is 0 Å². The summed E-state index contributed by atoms with van der Waals surface area (Å²) in [7, 11) is 0. The number of unbranched alkanes of at least 4 members (excludes halogenated alkanes) is 1. The predicted octanol–water partition coefficient (Wildman–Crippen LogP) is 3.35. The SMILES string of the molecule is CCN(CCCCOC(=O)c1cc(N)cc(N)c1)CCc1ccccc1. The maximum absolute atomic E-state index is 12.0. The van der Waals surface area contributed by atoms with Crippen LogP contribution in [0.2, 0.25) is 0 Å². The fourth-order valence-electron chi connectivity index (χ4n) is 2.84. The molecule has 0 aliphatic heterocycles. The lowest BCUT2D eigenvalue weighted by Crippen LogP contribution is -2.27. The van der Waals surface area contributed by atoms with Gasteiger partial charge in [0.05, 0.1) is 12.2 Å². The maximum Gasteiger partial charge on any atom is 0.338 e. The molecule has 0 amide bonds. The second kappa shape index (κ2) is 10.5. The van der Waals surface area contributed by atoms with E-state index >= 15 is 0 Å². The normalized spacial score (nSPS) is 10.8. The van der Waals surface area contributed by atoms with Crippen molar-refractivity contribution in [3.8, 4) is 0 Å². The van der Waals surface area contributed by atoms with Crippen molar-refractivity contribution in [3.05, 3.63) is 59.7 Å². The zero-order valence-corrected chi connectivity index (χ0v) is 15.5. The van der Waals surface area contributed by atoms with Crippen LogP contribution in [0, 0.1) is 0 Å². The molecule has 0 aromatic heterocycles. The van der Waals surface area contributed by atoms with Crippen LogP contribution < -0.4 is 11.5 Å². The second-order valence-corrected chi connectivity index (χ2v) is 6.40. The van der Waals surface area contributed by atoms with E-state index in [1.807, 2.05) is 6.07 Å². The van der Waals surface area contributed by atoms with Gasteiger partial charge >= 0.3 is 5.97 Å². The highest BCUT2D eigenvalue weighted by Gasteiger charge is 2.09. The van der Waals surface area contributed by atoms with Gasteiger partial charge in [0.15, 0.2) is 0 Å². The monoisotopic (exact) mass is 355 g/mol. The van der Waals surface area contributed by atoms with Gasteiger partial charge in [-0.05, 0) is 56.1 Å². The molecule has 5 nitrogen and oxygen atoms in total. The van der Waals surface area contributed by atoms with Crippen LogP contribution in [0.3, 0.4) is 0 Å². The molecule has 0 saturated carbocycles. The molecule has 2 aromatic rings. The number of carbonyl (C=O) groups excluding carboxylic acids is 1. The van der Waals surface area contributed by atoms with Gasteiger partial charge in [-0.1, -0.05) is 37.3 Å². The first-order valence-corrected chi connectivity index (χ1v) is 9.18. The summed E-state index contributed by atoms with van der Waals surface area (Å²) >= 11 is 0. The zero-order chi connectivity index (χ0) is 18.8. The van der Waals surface area contributed by atoms with Gasteiger partial charge < -0.3 is 21.1 Å². The molecular weight excluding hydrogens is 326 g/mol. The minimum absolute atomic E-state index is 0.375. The Bertz CT molecular complexity index is 669. The van der Waals surface area contributed by atoms with Gasteiger partial charge in [0.25, 0.3) is 0 Å². The van der Waals surface area contributed by atoms with E-state index in [-0.39, 0.29) is 5.97 Å². The number of benzene rings is 2. The van der Waals surface area contributed by atoms with E-state index in [0.29, 0.717) is 23.5 Å². The number of hydrogen-bond donors (Lipinski definition) is 2.